The van der Waals surface area contributed by atoms with Gasteiger partial charge in [0.1, 0.15) is 6.29 Å². The van der Waals surface area contributed by atoms with Crippen LogP contribution in [0.2, 0.25) is 0 Å². The third kappa shape index (κ3) is 3.47. The van der Waals surface area contributed by atoms with E-state index in [1.165, 1.54) is 28.7 Å². The highest BCUT2D eigenvalue weighted by Crippen LogP contribution is 2.38. The number of carbonyl (C=O) groups is 1. The van der Waals surface area contributed by atoms with Crippen LogP contribution in [0.3, 0.4) is 0 Å². The number of anilines is 1. The van der Waals surface area contributed by atoms with E-state index in [4.69, 9.17) is 0 Å². The molecule has 2 atom stereocenters. The molecule has 0 unspecified atom stereocenters. The van der Waals surface area contributed by atoms with Crippen molar-refractivity contribution in [2.75, 3.05) is 44.2 Å². The Kier molecular flexibility index (Phi) is 5.51. The van der Waals surface area contributed by atoms with Gasteiger partial charge >= 0.3 is 0 Å². The average molecular weight is 378 g/mol. The van der Waals surface area contributed by atoms with E-state index in [2.05, 4.69) is 77.5 Å². The topological polar surface area (TPSA) is 35.6 Å². The molecule has 4 nitrogen and oxygen atoms in total. The van der Waals surface area contributed by atoms with Crippen LogP contribution in [0.15, 0.2) is 48.5 Å². The van der Waals surface area contributed by atoms with Gasteiger partial charge in [0.25, 0.3) is 0 Å². The Morgan fingerprint density at radius 1 is 1.04 bits per heavy atom. The second-order valence-electron chi connectivity index (χ2n) is 8.30. The number of piperazine rings is 1. The highest BCUT2D eigenvalue weighted by Gasteiger charge is 2.47. The summed E-state index contributed by atoms with van der Waals surface area (Å²) in [6.07, 6.45) is 2.23. The Labute approximate surface area is 168 Å². The summed E-state index contributed by atoms with van der Waals surface area (Å²) in [5.41, 5.74) is 4.79. The molecule has 0 aliphatic carbocycles. The van der Waals surface area contributed by atoms with E-state index in [1.807, 2.05) is 0 Å². The Balaban J connectivity index is 1.56. The van der Waals surface area contributed by atoms with Crippen LogP contribution in [0, 0.1) is 13.8 Å². The van der Waals surface area contributed by atoms with Gasteiger partial charge in [-0.15, -0.1) is 0 Å². The molecule has 1 N–H and O–H groups in total. The Bertz CT molecular complexity index is 814. The molecular formula is C24H31N3O. The number of carbonyl (C=O) groups excluding carboxylic acids is 1. The summed E-state index contributed by atoms with van der Waals surface area (Å²) >= 11 is 0. The van der Waals surface area contributed by atoms with Gasteiger partial charge in [-0.05, 0) is 49.6 Å². The molecule has 4 rings (SSSR count). The first-order valence-corrected chi connectivity index (χ1v) is 10.4. The van der Waals surface area contributed by atoms with E-state index < -0.39 is 5.54 Å². The lowest BCUT2D eigenvalue weighted by Gasteiger charge is -2.51. The summed E-state index contributed by atoms with van der Waals surface area (Å²) in [5.74, 6) is 0.250. The van der Waals surface area contributed by atoms with Crippen molar-refractivity contribution < 1.29 is 4.79 Å². The van der Waals surface area contributed by atoms with Crippen LogP contribution in [0.1, 0.15) is 29.0 Å². The van der Waals surface area contributed by atoms with Gasteiger partial charge in [-0.3, -0.25) is 4.90 Å². The minimum absolute atomic E-state index is 0.250. The fourth-order valence-electron chi connectivity index (χ4n) is 5.00. The zero-order chi connectivity index (χ0) is 19.6. The molecule has 2 aromatic carbocycles. The normalized spacial score (nSPS) is 26.2. The molecule has 2 fully saturated rings. The molecular weight excluding hydrogens is 346 g/mol. The predicted molar refractivity (Wildman–Crippen MR) is 115 cm³/mol. The van der Waals surface area contributed by atoms with Crippen LogP contribution < -0.4 is 10.2 Å². The maximum Gasteiger partial charge on any atom is 0.142 e. The van der Waals surface area contributed by atoms with Gasteiger partial charge in [0.05, 0.1) is 5.54 Å². The number of piperidine rings is 1. The number of hydrogen-bond acceptors (Lipinski definition) is 4. The van der Waals surface area contributed by atoms with E-state index in [0.29, 0.717) is 0 Å². The molecule has 2 aliphatic heterocycles. The number of rotatable bonds is 4. The first kappa shape index (κ1) is 19.2. The molecule has 2 saturated heterocycles. The smallest absolute Gasteiger partial charge is 0.142 e. The second kappa shape index (κ2) is 8.06. The molecule has 0 radical (unpaired) electrons. The van der Waals surface area contributed by atoms with Crippen molar-refractivity contribution in [1.82, 2.24) is 10.2 Å². The first-order chi connectivity index (χ1) is 13.6. The lowest BCUT2D eigenvalue weighted by atomic mass is 9.74. The number of aryl methyl sites for hydroxylation is 2. The monoisotopic (exact) mass is 377 g/mol. The van der Waals surface area contributed by atoms with Crippen molar-refractivity contribution in [3.8, 4) is 0 Å². The lowest BCUT2D eigenvalue weighted by Crippen LogP contribution is -2.66. The summed E-state index contributed by atoms with van der Waals surface area (Å²) in [4.78, 5) is 17.4. The predicted octanol–water partition coefficient (Wildman–Crippen LogP) is 3.14. The van der Waals surface area contributed by atoms with Gasteiger partial charge in [0.2, 0.25) is 0 Å². The summed E-state index contributed by atoms with van der Waals surface area (Å²) in [6, 6.07) is 17.3. The second-order valence-corrected chi connectivity index (χ2v) is 8.30. The number of nitrogens with zero attached hydrogens (tertiary/aromatic N) is 2. The largest absolute Gasteiger partial charge is 0.369 e. The zero-order valence-corrected chi connectivity index (χ0v) is 17.0. The Morgan fingerprint density at radius 2 is 1.79 bits per heavy atom. The third-order valence-electron chi connectivity index (χ3n) is 6.60. The standard InChI is InChI=1S/C24H31N3O/c1-19-8-9-20(2)23(16-19)26-12-14-27(15-13-26)24(18-28)17-25-11-10-22(24)21-6-4-3-5-7-21/h3-9,16,18,22,25H,10-15,17H2,1-2H3/t22-,24-/m0/s1. The summed E-state index contributed by atoms with van der Waals surface area (Å²) in [7, 11) is 0. The minimum atomic E-state index is -0.451. The van der Waals surface area contributed by atoms with Gasteiger partial charge in [0.15, 0.2) is 0 Å². The van der Waals surface area contributed by atoms with Crippen molar-refractivity contribution in [3.63, 3.8) is 0 Å². The molecule has 0 bridgehead atoms. The van der Waals surface area contributed by atoms with Gasteiger partial charge in [0, 0.05) is 44.3 Å². The van der Waals surface area contributed by atoms with Crippen LogP contribution in [0.5, 0.6) is 0 Å². The average Bonchev–Trinajstić information content (AvgIpc) is 2.76. The van der Waals surface area contributed by atoms with Crippen LogP contribution in [0.25, 0.3) is 0 Å². The molecule has 0 saturated carbocycles. The number of benzene rings is 2. The molecule has 2 heterocycles. The number of hydrogen-bond donors (Lipinski definition) is 1. The Hall–Kier alpha value is -2.17. The number of aldehydes is 1. The summed E-state index contributed by atoms with van der Waals surface area (Å²) < 4.78 is 0. The third-order valence-corrected chi connectivity index (χ3v) is 6.60. The quantitative estimate of drug-likeness (QED) is 0.831. The van der Waals surface area contributed by atoms with Gasteiger partial charge in [-0.1, -0.05) is 42.5 Å². The Morgan fingerprint density at radius 3 is 2.50 bits per heavy atom. The molecule has 0 spiro atoms. The minimum Gasteiger partial charge on any atom is -0.369 e. The van der Waals surface area contributed by atoms with Gasteiger partial charge in [-0.2, -0.15) is 0 Å². The van der Waals surface area contributed by atoms with Crippen molar-refractivity contribution in [1.29, 1.82) is 0 Å². The molecule has 2 aromatic rings. The SMILES string of the molecule is Cc1ccc(C)c(N2CCN([C@]3(C=O)CNCC[C@H]3c3ccccc3)CC2)c1. The highest BCUT2D eigenvalue weighted by atomic mass is 16.1. The van der Waals surface area contributed by atoms with Crippen LogP contribution in [0.4, 0.5) is 5.69 Å². The van der Waals surface area contributed by atoms with E-state index in [1.54, 1.807) is 0 Å². The molecule has 148 valence electrons. The first-order valence-electron chi connectivity index (χ1n) is 10.4. The maximum absolute atomic E-state index is 12.5. The molecule has 28 heavy (non-hydrogen) atoms. The van der Waals surface area contributed by atoms with Crippen molar-refractivity contribution in [2.24, 2.45) is 0 Å². The molecule has 0 amide bonds. The summed E-state index contributed by atoms with van der Waals surface area (Å²) in [5, 5.41) is 3.50. The van der Waals surface area contributed by atoms with Crippen molar-refractivity contribution in [2.45, 2.75) is 31.7 Å². The van der Waals surface area contributed by atoms with Gasteiger partial charge in [-0.25, -0.2) is 0 Å². The summed E-state index contributed by atoms with van der Waals surface area (Å²) in [6.45, 7) is 9.79. The van der Waals surface area contributed by atoms with Crippen LogP contribution in [-0.4, -0.2) is 56.0 Å². The maximum atomic E-state index is 12.5. The van der Waals surface area contributed by atoms with Crippen molar-refractivity contribution in [3.05, 3.63) is 65.2 Å². The lowest BCUT2D eigenvalue weighted by molar-refractivity contribution is -0.121. The number of nitrogens with one attached hydrogen (secondary N) is 1. The van der Waals surface area contributed by atoms with Crippen LogP contribution >= 0.6 is 0 Å². The molecule has 4 heteroatoms. The van der Waals surface area contributed by atoms with E-state index in [-0.39, 0.29) is 5.92 Å². The van der Waals surface area contributed by atoms with E-state index >= 15 is 0 Å². The fraction of sp³-hybridized carbons (Fsp3) is 0.458. The fourth-order valence-corrected chi connectivity index (χ4v) is 5.00. The van der Waals surface area contributed by atoms with Crippen molar-refractivity contribution >= 4 is 12.0 Å². The molecule has 2 aliphatic rings. The van der Waals surface area contributed by atoms with E-state index in [9.17, 15) is 4.79 Å². The zero-order valence-electron chi connectivity index (χ0n) is 17.0. The molecule has 0 aromatic heterocycles. The highest BCUT2D eigenvalue weighted by molar-refractivity contribution is 5.68. The van der Waals surface area contributed by atoms with Gasteiger partial charge < -0.3 is 15.0 Å². The van der Waals surface area contributed by atoms with E-state index in [0.717, 1.165) is 45.7 Å². The van der Waals surface area contributed by atoms with Crippen LogP contribution in [-0.2, 0) is 4.79 Å².